The van der Waals surface area contributed by atoms with E-state index >= 15 is 0 Å². The lowest BCUT2D eigenvalue weighted by Gasteiger charge is -2.06. The number of thiazole rings is 1. The summed E-state index contributed by atoms with van der Waals surface area (Å²) in [6.07, 6.45) is 1.44. The van der Waals surface area contributed by atoms with Crippen molar-refractivity contribution >= 4 is 50.4 Å². The number of nitrogens with one attached hydrogen (secondary N) is 1. The standard InChI is InChI=1S/C9H7Cl2N3O2S2/c1-5-8(17-9(11)13-5)18(15,16)14-7-6(10)3-2-4-12-7/h2-4H,1H3,(H,12,14). The van der Waals surface area contributed by atoms with Gasteiger partial charge < -0.3 is 0 Å². The molecule has 0 amide bonds. The van der Waals surface area contributed by atoms with Gasteiger partial charge in [0.25, 0.3) is 10.0 Å². The molecule has 2 aromatic rings. The smallest absolute Gasteiger partial charge is 0.261 e. The molecule has 0 aliphatic carbocycles. The van der Waals surface area contributed by atoms with E-state index in [2.05, 4.69) is 14.7 Å². The second-order valence-corrected chi connectivity index (χ2v) is 7.15. The number of rotatable bonds is 3. The summed E-state index contributed by atoms with van der Waals surface area (Å²) in [5.74, 6) is 0.0723. The third kappa shape index (κ3) is 2.74. The van der Waals surface area contributed by atoms with E-state index in [1.165, 1.54) is 6.20 Å². The van der Waals surface area contributed by atoms with Gasteiger partial charge in [0.1, 0.15) is 0 Å². The van der Waals surface area contributed by atoms with Gasteiger partial charge in [-0.15, -0.1) is 0 Å². The van der Waals surface area contributed by atoms with E-state index in [-0.39, 0.29) is 19.5 Å². The highest BCUT2D eigenvalue weighted by atomic mass is 35.5. The zero-order valence-corrected chi connectivity index (χ0v) is 12.2. The van der Waals surface area contributed by atoms with Crippen molar-refractivity contribution in [2.24, 2.45) is 0 Å². The Bertz CT molecular complexity index is 685. The van der Waals surface area contributed by atoms with Gasteiger partial charge in [0.15, 0.2) is 14.5 Å². The molecule has 1 N–H and O–H groups in total. The largest absolute Gasteiger partial charge is 0.274 e. The molecule has 0 saturated heterocycles. The van der Waals surface area contributed by atoms with Crippen molar-refractivity contribution in [1.29, 1.82) is 0 Å². The highest BCUT2D eigenvalue weighted by Gasteiger charge is 2.22. The Morgan fingerprint density at radius 3 is 2.67 bits per heavy atom. The molecule has 0 fully saturated rings. The molecule has 2 rings (SSSR count). The molecule has 96 valence electrons. The van der Waals surface area contributed by atoms with Crippen molar-refractivity contribution in [1.82, 2.24) is 9.97 Å². The molecule has 0 spiro atoms. The third-order valence-corrected chi connectivity index (χ3v) is 5.48. The van der Waals surface area contributed by atoms with Crippen LogP contribution in [-0.4, -0.2) is 18.4 Å². The molecular weight excluding hydrogens is 317 g/mol. The zero-order valence-electron chi connectivity index (χ0n) is 9.02. The minimum Gasteiger partial charge on any atom is -0.261 e. The van der Waals surface area contributed by atoms with E-state index in [1.54, 1.807) is 19.1 Å². The van der Waals surface area contributed by atoms with Crippen molar-refractivity contribution in [2.75, 3.05) is 4.72 Å². The lowest BCUT2D eigenvalue weighted by molar-refractivity contribution is 0.602. The minimum absolute atomic E-state index is 0.0502. The first-order valence-electron chi connectivity index (χ1n) is 4.66. The Balaban J connectivity index is 2.40. The van der Waals surface area contributed by atoms with Crippen LogP contribution in [0.1, 0.15) is 5.69 Å². The predicted octanol–water partition coefficient (Wildman–Crippen LogP) is 2.95. The van der Waals surface area contributed by atoms with Crippen molar-refractivity contribution in [2.45, 2.75) is 11.1 Å². The molecule has 5 nitrogen and oxygen atoms in total. The van der Waals surface area contributed by atoms with Gasteiger partial charge in [0.05, 0.1) is 10.7 Å². The topological polar surface area (TPSA) is 72.0 Å². The number of hydrogen-bond acceptors (Lipinski definition) is 5. The third-order valence-electron chi connectivity index (χ3n) is 1.96. The number of aromatic nitrogens is 2. The molecule has 0 saturated carbocycles. The lowest BCUT2D eigenvalue weighted by atomic mass is 10.5. The van der Waals surface area contributed by atoms with Crippen LogP contribution in [0, 0.1) is 6.92 Å². The number of pyridine rings is 1. The second-order valence-electron chi connectivity index (χ2n) is 3.28. The Morgan fingerprint density at radius 2 is 2.11 bits per heavy atom. The molecule has 2 aromatic heterocycles. The molecule has 0 aliphatic heterocycles. The van der Waals surface area contributed by atoms with E-state index in [0.717, 1.165) is 11.3 Å². The summed E-state index contributed by atoms with van der Waals surface area (Å²) in [4.78, 5) is 7.71. The van der Waals surface area contributed by atoms with Gasteiger partial charge in [0.2, 0.25) is 0 Å². The maximum absolute atomic E-state index is 12.1. The number of aryl methyl sites for hydroxylation is 1. The van der Waals surface area contributed by atoms with Crippen molar-refractivity contribution in [3.8, 4) is 0 Å². The molecule has 0 aromatic carbocycles. The molecule has 18 heavy (non-hydrogen) atoms. The Kier molecular flexibility index (Phi) is 3.76. The number of halogens is 2. The number of anilines is 1. The van der Waals surface area contributed by atoms with Gasteiger partial charge in [-0.2, -0.15) is 0 Å². The second kappa shape index (κ2) is 5.00. The molecule has 0 atom stereocenters. The van der Waals surface area contributed by atoms with Crippen LogP contribution in [0.5, 0.6) is 0 Å². The molecule has 0 bridgehead atoms. The van der Waals surface area contributed by atoms with Crippen molar-refractivity contribution in [3.63, 3.8) is 0 Å². The number of sulfonamides is 1. The molecular formula is C9H7Cl2N3O2S2. The van der Waals surface area contributed by atoms with Gasteiger partial charge in [-0.1, -0.05) is 34.5 Å². The van der Waals surface area contributed by atoms with E-state index in [9.17, 15) is 8.42 Å². The van der Waals surface area contributed by atoms with Gasteiger partial charge in [0, 0.05) is 6.20 Å². The summed E-state index contributed by atoms with van der Waals surface area (Å²) in [5, 5.41) is 0.217. The average molecular weight is 324 g/mol. The molecule has 9 heteroatoms. The number of nitrogens with zero attached hydrogens (tertiary/aromatic N) is 2. The Morgan fingerprint density at radius 1 is 1.39 bits per heavy atom. The van der Waals surface area contributed by atoms with Gasteiger partial charge in [-0.3, -0.25) is 4.72 Å². The zero-order chi connectivity index (χ0) is 13.3. The number of hydrogen-bond donors (Lipinski definition) is 1. The van der Waals surface area contributed by atoms with Crippen LogP contribution in [0.2, 0.25) is 9.49 Å². The van der Waals surface area contributed by atoms with E-state index < -0.39 is 10.0 Å². The fourth-order valence-corrected chi connectivity index (χ4v) is 4.23. The van der Waals surface area contributed by atoms with Crippen molar-refractivity contribution in [3.05, 3.63) is 33.5 Å². The first kappa shape index (κ1) is 13.5. The molecule has 0 aliphatic rings. The van der Waals surface area contributed by atoms with E-state index in [4.69, 9.17) is 23.2 Å². The maximum Gasteiger partial charge on any atom is 0.274 e. The SMILES string of the molecule is Cc1nc(Cl)sc1S(=O)(=O)Nc1ncccc1Cl. The summed E-state index contributed by atoms with van der Waals surface area (Å²) < 4.78 is 26.7. The maximum atomic E-state index is 12.1. The molecule has 0 radical (unpaired) electrons. The van der Waals surface area contributed by atoms with Crippen molar-refractivity contribution < 1.29 is 8.42 Å². The molecule has 0 unspecified atom stereocenters. The van der Waals surface area contributed by atoms with Crippen LogP contribution >= 0.6 is 34.5 Å². The van der Waals surface area contributed by atoms with Crippen LogP contribution in [0.4, 0.5) is 5.82 Å². The monoisotopic (exact) mass is 323 g/mol. The predicted molar refractivity (Wildman–Crippen MR) is 71.9 cm³/mol. The Labute approximate surface area is 118 Å². The van der Waals surface area contributed by atoms with Crippen LogP contribution < -0.4 is 4.72 Å². The summed E-state index contributed by atoms with van der Waals surface area (Å²) in [6.45, 7) is 1.57. The average Bonchev–Trinajstić information content (AvgIpc) is 2.62. The highest BCUT2D eigenvalue weighted by molar-refractivity contribution is 7.94. The lowest BCUT2D eigenvalue weighted by Crippen LogP contribution is -2.13. The van der Waals surface area contributed by atoms with Crippen LogP contribution in [-0.2, 0) is 10.0 Å². The first-order chi connectivity index (χ1) is 8.40. The minimum atomic E-state index is -3.77. The van der Waals surface area contributed by atoms with E-state index in [0.29, 0.717) is 5.69 Å². The Hall–Kier alpha value is -0.890. The van der Waals surface area contributed by atoms with Crippen LogP contribution in [0.15, 0.2) is 22.5 Å². The molecule has 2 heterocycles. The van der Waals surface area contributed by atoms with Gasteiger partial charge in [-0.05, 0) is 19.1 Å². The summed E-state index contributed by atoms with van der Waals surface area (Å²) in [6, 6.07) is 3.15. The summed E-state index contributed by atoms with van der Waals surface area (Å²) in [5.41, 5.74) is 0.338. The van der Waals surface area contributed by atoms with Gasteiger partial charge >= 0.3 is 0 Å². The first-order valence-corrected chi connectivity index (χ1v) is 7.72. The fourth-order valence-electron chi connectivity index (χ4n) is 1.23. The quantitative estimate of drug-likeness (QED) is 0.942. The summed E-state index contributed by atoms with van der Waals surface area (Å²) in [7, 11) is -3.77. The van der Waals surface area contributed by atoms with Crippen LogP contribution in [0.25, 0.3) is 0 Å². The highest BCUT2D eigenvalue weighted by Crippen LogP contribution is 2.29. The fraction of sp³-hybridized carbons (Fsp3) is 0.111. The van der Waals surface area contributed by atoms with Crippen LogP contribution in [0.3, 0.4) is 0 Å². The van der Waals surface area contributed by atoms with Gasteiger partial charge in [-0.25, -0.2) is 18.4 Å². The van der Waals surface area contributed by atoms with E-state index in [1.807, 2.05) is 0 Å². The summed E-state index contributed by atoms with van der Waals surface area (Å²) >= 11 is 12.4. The normalized spacial score (nSPS) is 11.5.